The van der Waals surface area contributed by atoms with Crippen LogP contribution in [0.1, 0.15) is 63.3 Å². The number of nitrogens with one attached hydrogen (secondary N) is 2. The number of benzene rings is 2. The molecule has 2 aromatic carbocycles. The summed E-state index contributed by atoms with van der Waals surface area (Å²) in [6, 6.07) is 14.2. The van der Waals surface area contributed by atoms with Gasteiger partial charge in [0, 0.05) is 42.4 Å². The second kappa shape index (κ2) is 9.37. The normalized spacial score (nSPS) is 12.9. The Kier molecular flexibility index (Phi) is 6.65. The van der Waals surface area contributed by atoms with E-state index in [-0.39, 0.29) is 23.8 Å². The van der Waals surface area contributed by atoms with Gasteiger partial charge in [-0.3, -0.25) is 14.4 Å². The van der Waals surface area contributed by atoms with E-state index in [1.807, 2.05) is 26.0 Å². The Balaban J connectivity index is 1.57. The van der Waals surface area contributed by atoms with Crippen LogP contribution >= 0.6 is 0 Å². The van der Waals surface area contributed by atoms with Crippen molar-refractivity contribution in [2.75, 3.05) is 13.1 Å². The molecule has 29 heavy (non-hydrogen) atoms. The molecule has 0 aromatic heterocycles. The van der Waals surface area contributed by atoms with Crippen LogP contribution in [-0.2, 0) is 6.54 Å². The van der Waals surface area contributed by atoms with Gasteiger partial charge in [-0.25, -0.2) is 0 Å². The molecule has 0 unspecified atom stereocenters. The Hall–Kier alpha value is -3.15. The molecule has 6 heteroatoms. The number of hydrogen-bond donors (Lipinski definition) is 2. The lowest BCUT2D eigenvalue weighted by Gasteiger charge is -2.18. The maximum absolute atomic E-state index is 12.5. The van der Waals surface area contributed by atoms with Gasteiger partial charge in [-0.2, -0.15) is 0 Å². The maximum Gasteiger partial charge on any atom is 0.253 e. The number of carbonyl (C=O) groups excluding carboxylic acids is 3. The maximum atomic E-state index is 12.5. The molecule has 3 amide bonds. The lowest BCUT2D eigenvalue weighted by molar-refractivity contribution is 0.0772. The summed E-state index contributed by atoms with van der Waals surface area (Å²) in [6.07, 6.45) is 2.04. The zero-order valence-electron chi connectivity index (χ0n) is 16.9. The minimum absolute atomic E-state index is 0.00637. The van der Waals surface area contributed by atoms with Crippen molar-refractivity contribution in [3.8, 4) is 0 Å². The second-order valence-electron chi connectivity index (χ2n) is 7.19. The molecule has 1 saturated carbocycles. The minimum atomic E-state index is -0.241. The summed E-state index contributed by atoms with van der Waals surface area (Å²) >= 11 is 0. The van der Waals surface area contributed by atoms with Gasteiger partial charge >= 0.3 is 0 Å². The number of hydrogen-bond acceptors (Lipinski definition) is 3. The SMILES string of the molecule is CCN(CC)C(=O)c1ccc(CNC(=O)c2cccc(C(=O)NC3CC3)c2)cc1. The zero-order valence-corrected chi connectivity index (χ0v) is 16.9. The van der Waals surface area contributed by atoms with E-state index < -0.39 is 0 Å². The molecule has 3 rings (SSSR count). The highest BCUT2D eigenvalue weighted by atomic mass is 16.2. The van der Waals surface area contributed by atoms with Crippen LogP contribution in [-0.4, -0.2) is 41.8 Å². The fourth-order valence-electron chi connectivity index (χ4n) is 3.04. The van der Waals surface area contributed by atoms with Gasteiger partial charge in [-0.1, -0.05) is 18.2 Å². The van der Waals surface area contributed by atoms with Gasteiger partial charge in [0.05, 0.1) is 0 Å². The first-order chi connectivity index (χ1) is 14.0. The summed E-state index contributed by atoms with van der Waals surface area (Å²) in [7, 11) is 0. The first kappa shape index (κ1) is 20.6. The molecule has 0 saturated heterocycles. The van der Waals surface area contributed by atoms with Crippen molar-refractivity contribution in [2.45, 2.75) is 39.3 Å². The number of nitrogens with zero attached hydrogens (tertiary/aromatic N) is 1. The molecule has 2 N–H and O–H groups in total. The molecule has 0 bridgehead atoms. The van der Waals surface area contributed by atoms with Gasteiger partial charge in [0.25, 0.3) is 17.7 Å². The average Bonchev–Trinajstić information content (AvgIpc) is 3.57. The van der Waals surface area contributed by atoms with Gasteiger partial charge in [-0.05, 0) is 62.6 Å². The smallest absolute Gasteiger partial charge is 0.253 e. The highest BCUT2D eigenvalue weighted by molar-refractivity contribution is 5.99. The predicted molar refractivity (Wildman–Crippen MR) is 112 cm³/mol. The van der Waals surface area contributed by atoms with E-state index in [1.54, 1.807) is 41.3 Å². The molecule has 0 atom stereocenters. The third-order valence-electron chi connectivity index (χ3n) is 5.00. The van der Waals surface area contributed by atoms with Crippen LogP contribution in [0.15, 0.2) is 48.5 Å². The largest absolute Gasteiger partial charge is 0.349 e. The molecule has 0 radical (unpaired) electrons. The summed E-state index contributed by atoms with van der Waals surface area (Å²) < 4.78 is 0. The average molecular weight is 393 g/mol. The van der Waals surface area contributed by atoms with Crippen LogP contribution in [0.5, 0.6) is 0 Å². The van der Waals surface area contributed by atoms with Crippen LogP contribution in [0.3, 0.4) is 0 Å². The topological polar surface area (TPSA) is 78.5 Å². The predicted octanol–water partition coefficient (Wildman–Crippen LogP) is 2.99. The van der Waals surface area contributed by atoms with Crippen LogP contribution < -0.4 is 10.6 Å². The minimum Gasteiger partial charge on any atom is -0.349 e. The van der Waals surface area contributed by atoms with Crippen LogP contribution in [0, 0.1) is 0 Å². The summed E-state index contributed by atoms with van der Waals surface area (Å²) in [5.41, 5.74) is 2.47. The molecular formula is C23H27N3O3. The van der Waals surface area contributed by atoms with Gasteiger partial charge in [0.2, 0.25) is 0 Å². The van der Waals surface area contributed by atoms with Crippen molar-refractivity contribution < 1.29 is 14.4 Å². The van der Waals surface area contributed by atoms with Crippen molar-refractivity contribution in [1.82, 2.24) is 15.5 Å². The first-order valence-electron chi connectivity index (χ1n) is 10.1. The molecule has 0 heterocycles. The molecule has 2 aromatic rings. The Morgan fingerprint density at radius 2 is 1.52 bits per heavy atom. The van der Waals surface area contributed by atoms with E-state index in [0.717, 1.165) is 18.4 Å². The standard InChI is InChI=1S/C23H27N3O3/c1-3-26(4-2)23(29)17-10-8-16(9-11-17)15-24-21(27)18-6-5-7-19(14-18)22(28)25-20-12-13-20/h5-11,14,20H,3-4,12-13,15H2,1-2H3,(H,24,27)(H,25,28). The summed E-state index contributed by atoms with van der Waals surface area (Å²) in [5, 5.41) is 5.79. The lowest BCUT2D eigenvalue weighted by atomic mass is 10.1. The van der Waals surface area contributed by atoms with Crippen LogP contribution in [0.4, 0.5) is 0 Å². The number of carbonyl (C=O) groups is 3. The number of rotatable bonds is 8. The van der Waals surface area contributed by atoms with Crippen molar-refractivity contribution in [1.29, 1.82) is 0 Å². The van der Waals surface area contributed by atoms with Gasteiger partial charge in [0.15, 0.2) is 0 Å². The molecule has 152 valence electrons. The molecule has 1 fully saturated rings. The van der Waals surface area contributed by atoms with Crippen LogP contribution in [0.25, 0.3) is 0 Å². The van der Waals surface area contributed by atoms with Gasteiger partial charge in [0.1, 0.15) is 0 Å². The first-order valence-corrected chi connectivity index (χ1v) is 10.1. The van der Waals surface area contributed by atoms with Crippen molar-refractivity contribution >= 4 is 17.7 Å². The Morgan fingerprint density at radius 1 is 0.897 bits per heavy atom. The fraction of sp³-hybridized carbons (Fsp3) is 0.348. The number of amides is 3. The fourth-order valence-corrected chi connectivity index (χ4v) is 3.04. The van der Waals surface area contributed by atoms with Gasteiger partial charge in [-0.15, -0.1) is 0 Å². The third-order valence-corrected chi connectivity index (χ3v) is 5.00. The lowest BCUT2D eigenvalue weighted by Crippen LogP contribution is -2.30. The van der Waals surface area contributed by atoms with Gasteiger partial charge < -0.3 is 15.5 Å². The quantitative estimate of drug-likeness (QED) is 0.724. The van der Waals surface area contributed by atoms with Crippen molar-refractivity contribution in [3.63, 3.8) is 0 Å². The summed E-state index contributed by atoms with van der Waals surface area (Å²) in [5.74, 6) is -0.378. The van der Waals surface area contributed by atoms with Crippen molar-refractivity contribution in [2.24, 2.45) is 0 Å². The summed E-state index contributed by atoms with van der Waals surface area (Å²) in [6.45, 7) is 5.60. The molecule has 1 aliphatic rings. The van der Waals surface area contributed by atoms with E-state index in [2.05, 4.69) is 10.6 Å². The second-order valence-corrected chi connectivity index (χ2v) is 7.19. The third kappa shape index (κ3) is 5.44. The highest BCUT2D eigenvalue weighted by Gasteiger charge is 2.24. The van der Waals surface area contributed by atoms with Crippen molar-refractivity contribution in [3.05, 3.63) is 70.8 Å². The Bertz CT molecular complexity index is 884. The Morgan fingerprint density at radius 3 is 2.10 bits per heavy atom. The molecule has 6 nitrogen and oxygen atoms in total. The summed E-state index contributed by atoms with van der Waals surface area (Å²) in [4.78, 5) is 38.7. The molecule has 0 spiro atoms. The van der Waals surface area contributed by atoms with E-state index in [9.17, 15) is 14.4 Å². The monoisotopic (exact) mass is 393 g/mol. The van der Waals surface area contributed by atoms with Crippen LogP contribution in [0.2, 0.25) is 0 Å². The van der Waals surface area contributed by atoms with E-state index in [4.69, 9.17) is 0 Å². The zero-order chi connectivity index (χ0) is 20.8. The Labute approximate surface area is 171 Å². The van der Waals surface area contributed by atoms with E-state index in [0.29, 0.717) is 36.3 Å². The molecular weight excluding hydrogens is 366 g/mol. The van der Waals surface area contributed by atoms with E-state index >= 15 is 0 Å². The highest BCUT2D eigenvalue weighted by Crippen LogP contribution is 2.19. The molecule has 1 aliphatic carbocycles. The van der Waals surface area contributed by atoms with E-state index in [1.165, 1.54) is 0 Å². The molecule has 0 aliphatic heterocycles.